The summed E-state index contributed by atoms with van der Waals surface area (Å²) < 4.78 is 7.83. The minimum atomic E-state index is -0.563. The number of imidazole rings is 1. The molecule has 214 valence electrons. The van der Waals surface area contributed by atoms with Crippen molar-refractivity contribution >= 4 is 34.6 Å². The molecule has 7 nitrogen and oxygen atoms in total. The van der Waals surface area contributed by atoms with Gasteiger partial charge in [-0.25, -0.2) is 4.98 Å². The van der Waals surface area contributed by atoms with Crippen molar-refractivity contribution in [3.05, 3.63) is 41.1 Å². The van der Waals surface area contributed by atoms with Crippen LogP contribution in [0, 0.1) is 11.8 Å². The lowest BCUT2D eigenvalue weighted by Gasteiger charge is -2.23. The number of amides is 2. The fourth-order valence-corrected chi connectivity index (χ4v) is 6.67. The second kappa shape index (κ2) is 14.4. The predicted molar refractivity (Wildman–Crippen MR) is 160 cm³/mol. The van der Waals surface area contributed by atoms with Crippen LogP contribution in [0.15, 0.2) is 29.7 Å². The van der Waals surface area contributed by atoms with Crippen molar-refractivity contribution in [3.8, 4) is 0 Å². The molecule has 0 radical (unpaired) electrons. The fraction of sp³-hybridized carbons (Fsp3) is 0.645. The summed E-state index contributed by atoms with van der Waals surface area (Å²) in [5.74, 6) is 1.64. The largest absolute Gasteiger partial charge is 0.381 e. The van der Waals surface area contributed by atoms with Gasteiger partial charge in [-0.3, -0.25) is 9.59 Å². The maximum Gasteiger partial charge on any atom is 0.252 e. The average Bonchev–Trinajstić information content (AvgIpc) is 3.57. The monoisotopic (exact) mass is 554 g/mol. The number of allylic oxidation sites excluding steroid dienone is 1. The molecule has 0 saturated carbocycles. The SMILES string of the molecule is CCC(CC)n1c(CC2CC=CS2)nc2cc(C(=O)N[C@@H](CC(C)C)C(=O)NCCC3CCOCC3)ccc21. The lowest BCUT2D eigenvalue weighted by atomic mass is 9.96. The molecular formula is C31H46N4O3S. The van der Waals surface area contributed by atoms with E-state index >= 15 is 0 Å². The Morgan fingerprint density at radius 1 is 1.18 bits per heavy atom. The number of ether oxygens (including phenoxy) is 1. The number of fused-ring (bicyclic) bond motifs is 1. The van der Waals surface area contributed by atoms with E-state index in [0.717, 1.165) is 75.0 Å². The van der Waals surface area contributed by atoms with E-state index in [1.165, 1.54) is 0 Å². The molecule has 2 aliphatic rings. The van der Waals surface area contributed by atoms with Crippen molar-refractivity contribution < 1.29 is 14.3 Å². The molecule has 1 saturated heterocycles. The second-order valence-corrected chi connectivity index (χ2v) is 12.6. The molecule has 1 fully saturated rings. The summed E-state index contributed by atoms with van der Waals surface area (Å²) in [5.41, 5.74) is 2.47. The third kappa shape index (κ3) is 7.88. The smallest absolute Gasteiger partial charge is 0.252 e. The Balaban J connectivity index is 1.47. The number of hydrogen-bond acceptors (Lipinski definition) is 5. The van der Waals surface area contributed by atoms with Crippen molar-refractivity contribution in [2.45, 2.75) is 96.4 Å². The molecule has 3 heterocycles. The third-order valence-electron chi connectivity index (χ3n) is 8.03. The standard InChI is InChI=1S/C31H46N4O3S/c1-5-24(6-2)35-28-10-9-23(19-26(28)33-29(35)20-25-8-7-17-39-25)30(36)34-27(18-21(3)4)31(37)32-14-11-22-12-15-38-16-13-22/h7,9-10,17,19,21-22,24-25,27H,5-6,8,11-16,18,20H2,1-4H3,(H,32,37)(H,34,36)/t25?,27-/m0/s1. The van der Waals surface area contributed by atoms with Gasteiger partial charge in [-0.1, -0.05) is 33.8 Å². The molecule has 0 bridgehead atoms. The normalized spacial score (nSPS) is 18.8. The molecule has 2 aromatic rings. The Kier molecular flexibility index (Phi) is 10.9. The van der Waals surface area contributed by atoms with Crippen LogP contribution in [0.1, 0.15) is 94.9 Å². The lowest BCUT2D eigenvalue weighted by molar-refractivity contribution is -0.123. The first-order valence-corrected chi connectivity index (χ1v) is 15.8. The van der Waals surface area contributed by atoms with E-state index in [-0.39, 0.29) is 17.7 Å². The number of nitrogens with zero attached hydrogens (tertiary/aromatic N) is 2. The molecule has 0 spiro atoms. The molecule has 8 heteroatoms. The first-order valence-electron chi connectivity index (χ1n) is 14.9. The minimum Gasteiger partial charge on any atom is -0.381 e. The topological polar surface area (TPSA) is 85.2 Å². The summed E-state index contributed by atoms with van der Waals surface area (Å²) in [7, 11) is 0. The van der Waals surface area contributed by atoms with Crippen LogP contribution in [0.5, 0.6) is 0 Å². The molecule has 4 rings (SSSR count). The number of carbonyl (C=O) groups excluding carboxylic acids is 2. The number of thioether (sulfide) groups is 1. The number of rotatable bonds is 13. The highest BCUT2D eigenvalue weighted by molar-refractivity contribution is 8.03. The van der Waals surface area contributed by atoms with Gasteiger partial charge in [0.05, 0.1) is 11.0 Å². The van der Waals surface area contributed by atoms with Crippen LogP contribution in [0.25, 0.3) is 11.0 Å². The van der Waals surface area contributed by atoms with Gasteiger partial charge in [-0.15, -0.1) is 11.8 Å². The van der Waals surface area contributed by atoms with E-state index in [9.17, 15) is 9.59 Å². The Morgan fingerprint density at radius 3 is 2.62 bits per heavy atom. The predicted octanol–water partition coefficient (Wildman–Crippen LogP) is 6.04. The molecule has 39 heavy (non-hydrogen) atoms. The molecule has 2 amide bonds. The molecule has 2 atom stereocenters. The van der Waals surface area contributed by atoms with E-state index in [0.29, 0.717) is 35.7 Å². The zero-order valence-corrected chi connectivity index (χ0v) is 24.9. The quantitative estimate of drug-likeness (QED) is 0.316. The summed E-state index contributed by atoms with van der Waals surface area (Å²) in [6.07, 6.45) is 9.93. The van der Waals surface area contributed by atoms with Gasteiger partial charge in [0.15, 0.2) is 0 Å². The van der Waals surface area contributed by atoms with Gasteiger partial charge in [0.25, 0.3) is 5.91 Å². The van der Waals surface area contributed by atoms with Gasteiger partial charge < -0.3 is 19.9 Å². The fourth-order valence-electron chi connectivity index (χ4n) is 5.76. The molecular weight excluding hydrogens is 508 g/mol. The van der Waals surface area contributed by atoms with Crippen LogP contribution in [0.2, 0.25) is 0 Å². The number of hydrogen-bond donors (Lipinski definition) is 2. The average molecular weight is 555 g/mol. The van der Waals surface area contributed by atoms with Gasteiger partial charge in [0.2, 0.25) is 5.91 Å². The Bertz CT molecular complexity index is 1130. The van der Waals surface area contributed by atoms with E-state index in [1.807, 2.05) is 30.0 Å². The number of carbonyl (C=O) groups is 2. The summed E-state index contributed by atoms with van der Waals surface area (Å²) >= 11 is 1.88. The van der Waals surface area contributed by atoms with Gasteiger partial charge in [-0.2, -0.15) is 0 Å². The third-order valence-corrected chi connectivity index (χ3v) is 9.12. The maximum absolute atomic E-state index is 13.4. The number of benzene rings is 1. The van der Waals surface area contributed by atoms with Crippen molar-refractivity contribution in [1.29, 1.82) is 0 Å². The maximum atomic E-state index is 13.4. The number of aromatic nitrogens is 2. The van der Waals surface area contributed by atoms with Crippen molar-refractivity contribution in [3.63, 3.8) is 0 Å². The second-order valence-electron chi connectivity index (χ2n) is 11.4. The Morgan fingerprint density at radius 2 is 1.95 bits per heavy atom. The Labute approximate surface area is 237 Å². The molecule has 1 unspecified atom stereocenters. The number of nitrogens with one attached hydrogen (secondary N) is 2. The van der Waals surface area contributed by atoms with Crippen molar-refractivity contribution in [2.24, 2.45) is 11.8 Å². The van der Waals surface area contributed by atoms with Crippen molar-refractivity contribution in [2.75, 3.05) is 19.8 Å². The van der Waals surface area contributed by atoms with Crippen LogP contribution < -0.4 is 10.6 Å². The minimum absolute atomic E-state index is 0.104. The molecule has 1 aromatic heterocycles. The van der Waals surface area contributed by atoms with Crippen LogP contribution >= 0.6 is 11.8 Å². The molecule has 1 aromatic carbocycles. The van der Waals surface area contributed by atoms with Crippen LogP contribution in [-0.4, -0.2) is 52.4 Å². The zero-order chi connectivity index (χ0) is 27.8. The molecule has 0 aliphatic carbocycles. The van der Waals surface area contributed by atoms with Crippen LogP contribution in [0.3, 0.4) is 0 Å². The first kappa shape index (κ1) is 29.7. The van der Waals surface area contributed by atoms with Gasteiger partial charge in [-0.05, 0) is 80.4 Å². The highest BCUT2D eigenvalue weighted by atomic mass is 32.2. The van der Waals surface area contributed by atoms with Gasteiger partial charge in [0, 0.05) is 43.0 Å². The molecule has 2 aliphatic heterocycles. The van der Waals surface area contributed by atoms with Crippen LogP contribution in [0.4, 0.5) is 0 Å². The van der Waals surface area contributed by atoms with E-state index < -0.39 is 6.04 Å². The van der Waals surface area contributed by atoms with Gasteiger partial charge in [0.1, 0.15) is 11.9 Å². The highest BCUT2D eigenvalue weighted by Gasteiger charge is 2.25. The van der Waals surface area contributed by atoms with E-state index in [1.54, 1.807) is 0 Å². The van der Waals surface area contributed by atoms with E-state index in [4.69, 9.17) is 9.72 Å². The summed E-state index contributed by atoms with van der Waals surface area (Å²) in [6, 6.07) is 5.62. The Hall–Kier alpha value is -2.32. The van der Waals surface area contributed by atoms with Crippen LogP contribution in [-0.2, 0) is 16.0 Å². The summed E-state index contributed by atoms with van der Waals surface area (Å²) in [5, 5.41) is 8.80. The molecule has 2 N–H and O–H groups in total. The zero-order valence-electron chi connectivity index (χ0n) is 24.1. The first-order chi connectivity index (χ1) is 18.9. The van der Waals surface area contributed by atoms with Crippen molar-refractivity contribution in [1.82, 2.24) is 20.2 Å². The lowest BCUT2D eigenvalue weighted by Crippen LogP contribution is -2.47. The van der Waals surface area contributed by atoms with Gasteiger partial charge >= 0.3 is 0 Å². The van der Waals surface area contributed by atoms with E-state index in [2.05, 4.69) is 54.4 Å². The summed E-state index contributed by atoms with van der Waals surface area (Å²) in [4.78, 5) is 31.5. The summed E-state index contributed by atoms with van der Waals surface area (Å²) in [6.45, 7) is 10.8. The highest BCUT2D eigenvalue weighted by Crippen LogP contribution is 2.31.